The molecule has 2 aromatic heterocycles. The predicted molar refractivity (Wildman–Crippen MR) is 113 cm³/mol. The Kier molecular flexibility index (Phi) is 7.87. The van der Waals surface area contributed by atoms with Crippen molar-refractivity contribution in [3.63, 3.8) is 0 Å². The lowest BCUT2D eigenvalue weighted by Gasteiger charge is -2.10. The van der Waals surface area contributed by atoms with Crippen molar-refractivity contribution in [3.05, 3.63) is 41.6 Å². The fraction of sp³-hybridized carbons (Fsp3) is 0.381. The standard InChI is InChI=1S/C21H22F3N5O5/c1-4-31-19(30)16-11-14(33-27-16)6-5-9-32-17-8-7-13(10-15(17)25-12-29(2)3)18-26-20(34-28-18)21(22,23)24/h7-8,10-12H,4-6,9H2,1-3H3. The minimum Gasteiger partial charge on any atom is -0.491 e. The Bertz CT molecular complexity index is 1140. The number of hydrogen-bond acceptors (Lipinski definition) is 9. The Morgan fingerprint density at radius 1 is 1.21 bits per heavy atom. The number of aliphatic imine (C=N–C) groups is 1. The Morgan fingerprint density at radius 3 is 2.68 bits per heavy atom. The Labute approximate surface area is 192 Å². The van der Waals surface area contributed by atoms with E-state index in [0.717, 1.165) is 0 Å². The molecule has 3 aromatic rings. The summed E-state index contributed by atoms with van der Waals surface area (Å²) in [5, 5.41) is 7.07. The van der Waals surface area contributed by atoms with Crippen LogP contribution in [0.25, 0.3) is 11.4 Å². The van der Waals surface area contributed by atoms with E-state index in [1.165, 1.54) is 24.5 Å². The van der Waals surface area contributed by atoms with Crippen LogP contribution in [0, 0.1) is 0 Å². The third-order valence-electron chi connectivity index (χ3n) is 4.18. The molecule has 0 radical (unpaired) electrons. The molecule has 0 atom stereocenters. The van der Waals surface area contributed by atoms with Crippen LogP contribution in [-0.4, -0.2) is 59.8 Å². The highest BCUT2D eigenvalue weighted by molar-refractivity contribution is 5.87. The Balaban J connectivity index is 1.67. The maximum Gasteiger partial charge on any atom is 0.471 e. The molecular weight excluding hydrogens is 459 g/mol. The number of halogens is 3. The molecule has 0 unspecified atom stereocenters. The topological polar surface area (TPSA) is 116 Å². The quantitative estimate of drug-likeness (QED) is 0.182. The monoisotopic (exact) mass is 481 g/mol. The fourth-order valence-electron chi connectivity index (χ4n) is 2.67. The number of benzene rings is 1. The van der Waals surface area contributed by atoms with Crippen molar-refractivity contribution >= 4 is 18.0 Å². The van der Waals surface area contributed by atoms with E-state index in [1.807, 2.05) is 0 Å². The first-order valence-corrected chi connectivity index (χ1v) is 10.2. The van der Waals surface area contributed by atoms with Crippen molar-refractivity contribution in [2.45, 2.75) is 25.9 Å². The SMILES string of the molecule is CCOC(=O)c1cc(CCCOc2ccc(-c3noc(C(F)(F)F)n3)cc2N=CN(C)C)on1. The average molecular weight is 481 g/mol. The van der Waals surface area contributed by atoms with Gasteiger partial charge in [0, 0.05) is 32.1 Å². The minimum atomic E-state index is -4.74. The number of aromatic nitrogens is 3. The van der Waals surface area contributed by atoms with Crippen LogP contribution < -0.4 is 4.74 Å². The molecule has 0 amide bonds. The van der Waals surface area contributed by atoms with E-state index in [4.69, 9.17) is 14.0 Å². The predicted octanol–water partition coefficient (Wildman–Crippen LogP) is 4.15. The molecule has 34 heavy (non-hydrogen) atoms. The van der Waals surface area contributed by atoms with Gasteiger partial charge in [0.15, 0.2) is 5.69 Å². The highest BCUT2D eigenvalue weighted by Crippen LogP contribution is 2.34. The van der Waals surface area contributed by atoms with Crippen LogP contribution in [0.5, 0.6) is 5.75 Å². The van der Waals surface area contributed by atoms with Crippen LogP contribution in [0.3, 0.4) is 0 Å². The van der Waals surface area contributed by atoms with Crippen molar-refractivity contribution in [2.75, 3.05) is 27.3 Å². The molecule has 0 aliphatic heterocycles. The third-order valence-corrected chi connectivity index (χ3v) is 4.18. The number of alkyl halides is 3. The molecule has 0 N–H and O–H groups in total. The largest absolute Gasteiger partial charge is 0.491 e. The van der Waals surface area contributed by atoms with Gasteiger partial charge < -0.3 is 23.4 Å². The van der Waals surface area contributed by atoms with Crippen molar-refractivity contribution < 1.29 is 36.5 Å². The van der Waals surface area contributed by atoms with Gasteiger partial charge >= 0.3 is 18.0 Å². The number of carbonyl (C=O) groups is 1. The summed E-state index contributed by atoms with van der Waals surface area (Å²) in [7, 11) is 3.54. The van der Waals surface area contributed by atoms with Crippen LogP contribution >= 0.6 is 0 Å². The number of hydrogen-bond donors (Lipinski definition) is 0. The van der Waals surface area contributed by atoms with Crippen LogP contribution in [0.4, 0.5) is 18.9 Å². The van der Waals surface area contributed by atoms with Gasteiger partial charge in [-0.05, 0) is 31.5 Å². The van der Waals surface area contributed by atoms with Crippen molar-refractivity contribution in [2.24, 2.45) is 4.99 Å². The molecule has 1 aromatic carbocycles. The van der Waals surface area contributed by atoms with E-state index >= 15 is 0 Å². The van der Waals surface area contributed by atoms with Gasteiger partial charge in [-0.1, -0.05) is 10.3 Å². The summed E-state index contributed by atoms with van der Waals surface area (Å²) < 4.78 is 58.4. The Morgan fingerprint density at radius 2 is 2.00 bits per heavy atom. The third kappa shape index (κ3) is 6.56. The molecular formula is C21H22F3N5O5. The van der Waals surface area contributed by atoms with Crippen LogP contribution in [-0.2, 0) is 17.3 Å². The first-order valence-electron chi connectivity index (χ1n) is 10.2. The number of nitrogens with zero attached hydrogens (tertiary/aromatic N) is 5. The van der Waals surface area contributed by atoms with Gasteiger partial charge in [0.05, 0.1) is 19.6 Å². The summed E-state index contributed by atoms with van der Waals surface area (Å²) in [5.74, 6) is -1.29. The second kappa shape index (κ2) is 10.8. The molecule has 182 valence electrons. The van der Waals surface area contributed by atoms with E-state index in [0.29, 0.717) is 30.0 Å². The summed E-state index contributed by atoms with van der Waals surface area (Å²) >= 11 is 0. The normalized spacial score (nSPS) is 11.7. The second-order valence-electron chi connectivity index (χ2n) is 7.16. The first-order chi connectivity index (χ1) is 16.2. The van der Waals surface area contributed by atoms with Gasteiger partial charge in [-0.15, -0.1) is 0 Å². The highest BCUT2D eigenvalue weighted by Gasteiger charge is 2.38. The molecule has 0 spiro atoms. The summed E-state index contributed by atoms with van der Waals surface area (Å²) in [4.78, 5) is 21.0. The lowest BCUT2D eigenvalue weighted by Crippen LogP contribution is -2.07. The second-order valence-corrected chi connectivity index (χ2v) is 7.16. The lowest BCUT2D eigenvalue weighted by molar-refractivity contribution is -0.159. The lowest BCUT2D eigenvalue weighted by atomic mass is 10.1. The summed E-state index contributed by atoms with van der Waals surface area (Å²) in [6.45, 7) is 2.21. The van der Waals surface area contributed by atoms with Gasteiger partial charge in [-0.2, -0.15) is 18.2 Å². The van der Waals surface area contributed by atoms with Crippen molar-refractivity contribution in [3.8, 4) is 17.1 Å². The Hall–Kier alpha value is -3.90. The van der Waals surface area contributed by atoms with Crippen molar-refractivity contribution in [1.82, 2.24) is 20.2 Å². The highest BCUT2D eigenvalue weighted by atomic mass is 19.4. The van der Waals surface area contributed by atoms with Gasteiger partial charge in [0.2, 0.25) is 5.82 Å². The molecule has 0 bridgehead atoms. The smallest absolute Gasteiger partial charge is 0.471 e. The zero-order chi connectivity index (χ0) is 24.7. The maximum atomic E-state index is 12.8. The molecule has 2 heterocycles. The van der Waals surface area contributed by atoms with E-state index < -0.39 is 18.0 Å². The molecule has 10 nitrogen and oxygen atoms in total. The summed E-state index contributed by atoms with van der Waals surface area (Å²) in [6.07, 6.45) is -2.21. The summed E-state index contributed by atoms with van der Waals surface area (Å²) in [5.41, 5.74) is 0.753. The fourth-order valence-corrected chi connectivity index (χ4v) is 2.67. The van der Waals surface area contributed by atoms with Gasteiger partial charge in [0.25, 0.3) is 0 Å². The van der Waals surface area contributed by atoms with E-state index in [9.17, 15) is 18.0 Å². The number of ether oxygens (including phenoxy) is 2. The van der Waals surface area contributed by atoms with Crippen LogP contribution in [0.2, 0.25) is 0 Å². The van der Waals surface area contributed by atoms with E-state index in [1.54, 1.807) is 32.0 Å². The molecule has 0 fully saturated rings. The van der Waals surface area contributed by atoms with E-state index in [-0.39, 0.29) is 30.3 Å². The number of rotatable bonds is 10. The molecule has 13 heteroatoms. The molecule has 0 saturated heterocycles. The zero-order valence-corrected chi connectivity index (χ0v) is 18.6. The van der Waals surface area contributed by atoms with Crippen LogP contribution in [0.15, 0.2) is 38.3 Å². The van der Waals surface area contributed by atoms with Crippen LogP contribution in [0.1, 0.15) is 35.5 Å². The molecule has 0 saturated carbocycles. The zero-order valence-electron chi connectivity index (χ0n) is 18.6. The van der Waals surface area contributed by atoms with Crippen molar-refractivity contribution in [1.29, 1.82) is 0 Å². The van der Waals surface area contributed by atoms with Gasteiger partial charge in [0.1, 0.15) is 17.2 Å². The number of esters is 1. The molecule has 0 aliphatic carbocycles. The minimum absolute atomic E-state index is 0.101. The van der Waals surface area contributed by atoms with Gasteiger partial charge in [-0.3, -0.25) is 0 Å². The number of aryl methyl sites for hydroxylation is 1. The maximum absolute atomic E-state index is 12.8. The van der Waals surface area contributed by atoms with Gasteiger partial charge in [-0.25, -0.2) is 9.79 Å². The van der Waals surface area contributed by atoms with E-state index in [2.05, 4.69) is 24.8 Å². The molecule has 3 rings (SSSR count). The molecule has 0 aliphatic rings. The first kappa shape index (κ1) is 24.7. The summed E-state index contributed by atoms with van der Waals surface area (Å²) in [6, 6.07) is 6.09. The average Bonchev–Trinajstić information content (AvgIpc) is 3.46. The number of carbonyl (C=O) groups excluding carboxylic acids is 1.